The number of anilines is 2. The van der Waals surface area contributed by atoms with Crippen molar-refractivity contribution in [2.75, 3.05) is 9.03 Å². The number of carbonyl (C=O) groups is 1. The van der Waals surface area contributed by atoms with Crippen LogP contribution in [0.1, 0.15) is 27.0 Å². The summed E-state index contributed by atoms with van der Waals surface area (Å²) in [6.07, 6.45) is 0. The third kappa shape index (κ3) is 6.99. The number of rotatable bonds is 7. The SMILES string of the molecule is Cc1ccc(S(=O)(=O)N(c2ccc(NC(=O)c3ccccc3)c(C#C[Si](C)(C)C)c2)S(=O)(=O)c2ccc(C)cc2)cc1. The van der Waals surface area contributed by atoms with Gasteiger partial charge in [0.05, 0.1) is 21.2 Å². The molecule has 0 radical (unpaired) electrons. The summed E-state index contributed by atoms with van der Waals surface area (Å²) in [6.45, 7) is 9.75. The Balaban J connectivity index is 1.93. The maximum Gasteiger partial charge on any atom is 0.277 e. The van der Waals surface area contributed by atoms with E-state index in [1.807, 2.05) is 33.5 Å². The van der Waals surface area contributed by atoms with Crippen molar-refractivity contribution in [3.8, 4) is 11.5 Å². The summed E-state index contributed by atoms with van der Waals surface area (Å²) >= 11 is 0. The second-order valence-corrected chi connectivity index (χ2v) is 19.4. The number of benzene rings is 4. The quantitative estimate of drug-likeness (QED) is 0.192. The fourth-order valence-electron chi connectivity index (χ4n) is 3.92. The van der Waals surface area contributed by atoms with Gasteiger partial charge in [0.15, 0.2) is 0 Å². The van der Waals surface area contributed by atoms with Crippen molar-refractivity contribution in [3.05, 3.63) is 119 Å². The molecule has 4 aromatic rings. The van der Waals surface area contributed by atoms with Crippen LogP contribution in [-0.4, -0.2) is 30.8 Å². The molecule has 1 N–H and O–H groups in total. The Kier molecular flexibility index (Phi) is 8.78. The maximum atomic E-state index is 14.1. The lowest BCUT2D eigenvalue weighted by atomic mass is 10.1. The number of sulfonamides is 2. The largest absolute Gasteiger partial charge is 0.321 e. The molecule has 0 saturated carbocycles. The van der Waals surface area contributed by atoms with Gasteiger partial charge in [-0.1, -0.05) is 79.2 Å². The van der Waals surface area contributed by atoms with Crippen LogP contribution in [0.25, 0.3) is 0 Å². The Labute approximate surface area is 249 Å². The molecule has 0 saturated heterocycles. The van der Waals surface area contributed by atoms with Crippen LogP contribution in [0.4, 0.5) is 11.4 Å². The number of amides is 1. The number of hydrogen-bond acceptors (Lipinski definition) is 5. The van der Waals surface area contributed by atoms with Crippen molar-refractivity contribution in [1.82, 2.24) is 0 Å². The minimum absolute atomic E-state index is 0.131. The van der Waals surface area contributed by atoms with Crippen molar-refractivity contribution in [3.63, 3.8) is 0 Å². The highest BCUT2D eigenvalue weighted by Gasteiger charge is 2.37. The zero-order valence-electron chi connectivity index (χ0n) is 24.0. The van der Waals surface area contributed by atoms with Gasteiger partial charge in [0, 0.05) is 11.1 Å². The molecule has 0 atom stereocenters. The van der Waals surface area contributed by atoms with Crippen LogP contribution in [0, 0.1) is 25.3 Å². The lowest BCUT2D eigenvalue weighted by Crippen LogP contribution is -2.37. The van der Waals surface area contributed by atoms with Crippen LogP contribution in [0.5, 0.6) is 0 Å². The normalized spacial score (nSPS) is 11.7. The van der Waals surface area contributed by atoms with Crippen LogP contribution in [-0.2, 0) is 20.0 Å². The Morgan fingerprint density at radius 2 is 1.21 bits per heavy atom. The molecular weight excluding hydrogens is 585 g/mol. The lowest BCUT2D eigenvalue weighted by molar-refractivity contribution is 0.102. The molecule has 216 valence electrons. The first kappa shape index (κ1) is 30.8. The van der Waals surface area contributed by atoms with Gasteiger partial charge in [-0.15, -0.1) is 5.54 Å². The molecule has 0 fully saturated rings. The molecule has 0 aliphatic heterocycles. The number of nitrogens with one attached hydrogen (secondary N) is 1. The first-order chi connectivity index (χ1) is 19.7. The summed E-state index contributed by atoms with van der Waals surface area (Å²) in [6, 6.07) is 24.8. The molecule has 42 heavy (non-hydrogen) atoms. The van der Waals surface area contributed by atoms with Crippen molar-refractivity contribution in [2.24, 2.45) is 0 Å². The maximum absolute atomic E-state index is 14.1. The highest BCUT2D eigenvalue weighted by molar-refractivity contribution is 8.10. The van der Waals surface area contributed by atoms with Gasteiger partial charge in [0.25, 0.3) is 26.0 Å². The van der Waals surface area contributed by atoms with E-state index in [1.54, 1.807) is 54.6 Å². The molecule has 0 bridgehead atoms. The molecule has 4 rings (SSSR count). The van der Waals surface area contributed by atoms with E-state index in [0.717, 1.165) is 11.1 Å². The average molecular weight is 617 g/mol. The van der Waals surface area contributed by atoms with E-state index in [0.29, 0.717) is 20.5 Å². The predicted octanol–water partition coefficient (Wildman–Crippen LogP) is 6.37. The van der Waals surface area contributed by atoms with Gasteiger partial charge in [-0.25, -0.2) is 16.8 Å². The van der Waals surface area contributed by atoms with E-state index in [-0.39, 0.29) is 21.4 Å². The molecule has 0 aliphatic carbocycles. The van der Waals surface area contributed by atoms with E-state index in [2.05, 4.69) is 16.8 Å². The molecular formula is C32H32N2O5S2Si. The number of carbonyl (C=O) groups excluding carboxylic acids is 1. The molecule has 0 aromatic heterocycles. The minimum atomic E-state index is -4.61. The van der Waals surface area contributed by atoms with Crippen LogP contribution < -0.4 is 9.03 Å². The summed E-state index contributed by atoms with van der Waals surface area (Å²) in [7, 11) is -11.1. The third-order valence-corrected chi connectivity index (χ3v) is 11.2. The van der Waals surface area contributed by atoms with Crippen molar-refractivity contribution < 1.29 is 21.6 Å². The Hall–Kier alpha value is -4.17. The zero-order valence-corrected chi connectivity index (χ0v) is 26.7. The molecule has 0 unspecified atom stereocenters. The van der Waals surface area contributed by atoms with E-state index in [4.69, 9.17) is 0 Å². The number of hydrogen-bond donors (Lipinski definition) is 1. The molecule has 0 aliphatic rings. The van der Waals surface area contributed by atoms with Gasteiger partial charge in [0.2, 0.25) is 0 Å². The average Bonchev–Trinajstić information content (AvgIpc) is 2.93. The Bertz CT molecular complexity index is 1810. The van der Waals surface area contributed by atoms with Crippen molar-refractivity contribution in [1.29, 1.82) is 0 Å². The summed E-state index contributed by atoms with van der Waals surface area (Å²) in [4.78, 5) is 12.6. The first-order valence-corrected chi connectivity index (χ1v) is 19.5. The molecule has 4 aromatic carbocycles. The summed E-state index contributed by atoms with van der Waals surface area (Å²) in [5, 5.41) is 2.84. The van der Waals surface area contributed by atoms with Crippen LogP contribution in [0.15, 0.2) is 107 Å². The summed E-state index contributed by atoms with van der Waals surface area (Å²) in [5.41, 5.74) is 5.80. The molecule has 1 amide bonds. The summed E-state index contributed by atoms with van der Waals surface area (Å²) < 4.78 is 56.7. The fourth-order valence-corrected chi connectivity index (χ4v) is 8.10. The summed E-state index contributed by atoms with van der Waals surface area (Å²) in [5.74, 6) is 2.70. The Morgan fingerprint density at radius 3 is 1.69 bits per heavy atom. The minimum Gasteiger partial charge on any atom is -0.321 e. The van der Waals surface area contributed by atoms with Crippen molar-refractivity contribution in [2.45, 2.75) is 43.3 Å². The second kappa shape index (κ2) is 12.0. The molecule has 0 spiro atoms. The molecule has 7 nitrogen and oxygen atoms in total. The number of aryl methyl sites for hydroxylation is 2. The van der Waals surface area contributed by atoms with Crippen LogP contribution >= 0.6 is 0 Å². The van der Waals surface area contributed by atoms with Crippen LogP contribution in [0.2, 0.25) is 19.6 Å². The van der Waals surface area contributed by atoms with E-state index in [9.17, 15) is 21.6 Å². The number of nitrogens with zero attached hydrogens (tertiary/aromatic N) is 1. The first-order valence-electron chi connectivity index (χ1n) is 13.2. The zero-order chi connectivity index (χ0) is 30.7. The molecule has 0 heterocycles. The van der Waals surface area contributed by atoms with Gasteiger partial charge >= 0.3 is 0 Å². The van der Waals surface area contributed by atoms with Gasteiger partial charge in [0.1, 0.15) is 8.07 Å². The predicted molar refractivity (Wildman–Crippen MR) is 170 cm³/mol. The standard InChI is InChI=1S/C32H32N2O5S2Si/c1-24-11-16-29(17-12-24)40(36,37)34(41(38,39)30-18-13-25(2)14-19-30)28-15-20-31(27(23-28)21-22-42(3,4)5)33-32(35)26-9-7-6-8-10-26/h6-20,23H,1-5H3,(H,33,35). The molecule has 10 heteroatoms. The van der Waals surface area contributed by atoms with E-state index >= 15 is 0 Å². The fraction of sp³-hybridized carbons (Fsp3) is 0.156. The van der Waals surface area contributed by atoms with Gasteiger partial charge in [-0.05, 0) is 68.4 Å². The second-order valence-electron chi connectivity index (χ2n) is 10.9. The van der Waals surface area contributed by atoms with Gasteiger partial charge in [-0.2, -0.15) is 3.71 Å². The van der Waals surface area contributed by atoms with E-state index < -0.39 is 28.1 Å². The van der Waals surface area contributed by atoms with Gasteiger partial charge < -0.3 is 5.32 Å². The van der Waals surface area contributed by atoms with E-state index in [1.165, 1.54) is 42.5 Å². The van der Waals surface area contributed by atoms with Gasteiger partial charge in [-0.3, -0.25) is 4.79 Å². The lowest BCUT2D eigenvalue weighted by Gasteiger charge is -2.25. The Morgan fingerprint density at radius 1 is 0.714 bits per heavy atom. The highest BCUT2D eigenvalue weighted by Crippen LogP contribution is 2.33. The highest BCUT2D eigenvalue weighted by atomic mass is 32.3. The smallest absolute Gasteiger partial charge is 0.277 e. The monoisotopic (exact) mass is 616 g/mol. The van der Waals surface area contributed by atoms with Crippen molar-refractivity contribution >= 4 is 45.4 Å². The van der Waals surface area contributed by atoms with Crippen LogP contribution in [0.3, 0.4) is 0 Å². The third-order valence-electron chi connectivity index (χ3n) is 6.14. The topological polar surface area (TPSA) is 101 Å².